The molecule has 35 heavy (non-hydrogen) atoms. The predicted molar refractivity (Wildman–Crippen MR) is 138 cm³/mol. The van der Waals surface area contributed by atoms with Gasteiger partial charge in [0.1, 0.15) is 4.90 Å². The number of carbonyl (C=O) groups is 1. The van der Waals surface area contributed by atoms with Crippen molar-refractivity contribution in [3.05, 3.63) is 96.2 Å². The Morgan fingerprint density at radius 1 is 0.971 bits per heavy atom. The first-order valence-electron chi connectivity index (χ1n) is 10.9. The average Bonchev–Trinajstić information content (AvgIpc) is 2.87. The second-order valence-corrected chi connectivity index (χ2v) is 10.8. The standard InChI is InChI=1S/C26H22N4O3S2/c1-18-9-5-7-13-21(18)28-24(31)17-34-26-27-15-23-25(29-26)20-12-6-8-14-22(20)30(35(23,32)33)16-19-10-3-2-4-11-19/h2-15H,16-17H2,1H3,(H,28,31). The number of thioether (sulfide) groups is 1. The summed E-state index contributed by atoms with van der Waals surface area (Å²) in [6.45, 7) is 2.13. The number of sulfonamides is 1. The van der Waals surface area contributed by atoms with E-state index in [1.54, 1.807) is 6.07 Å². The van der Waals surface area contributed by atoms with Crippen LogP contribution in [0.15, 0.2) is 95.1 Å². The summed E-state index contributed by atoms with van der Waals surface area (Å²) in [5, 5.41) is 3.22. The Bertz CT molecular complexity index is 1510. The van der Waals surface area contributed by atoms with Crippen LogP contribution in [0, 0.1) is 6.92 Å². The van der Waals surface area contributed by atoms with Gasteiger partial charge in [0, 0.05) is 11.3 Å². The first-order valence-corrected chi connectivity index (χ1v) is 13.4. The van der Waals surface area contributed by atoms with Gasteiger partial charge in [-0.2, -0.15) is 0 Å². The highest BCUT2D eigenvalue weighted by Crippen LogP contribution is 2.42. The highest BCUT2D eigenvalue weighted by molar-refractivity contribution is 7.99. The minimum atomic E-state index is -3.87. The van der Waals surface area contributed by atoms with Gasteiger partial charge in [0.15, 0.2) is 5.16 Å². The molecule has 7 nitrogen and oxygen atoms in total. The number of carbonyl (C=O) groups excluding carboxylic acids is 1. The molecule has 1 N–H and O–H groups in total. The molecule has 0 saturated carbocycles. The molecule has 0 radical (unpaired) electrons. The molecule has 1 aliphatic rings. The molecule has 0 atom stereocenters. The lowest BCUT2D eigenvalue weighted by Gasteiger charge is -2.31. The lowest BCUT2D eigenvalue weighted by molar-refractivity contribution is -0.113. The summed E-state index contributed by atoms with van der Waals surface area (Å²) in [7, 11) is -3.87. The third kappa shape index (κ3) is 4.65. The summed E-state index contributed by atoms with van der Waals surface area (Å²) in [4.78, 5) is 21.3. The normalized spacial score (nSPS) is 13.6. The van der Waals surface area contributed by atoms with Gasteiger partial charge in [0.25, 0.3) is 10.0 Å². The molecular formula is C26H22N4O3S2. The van der Waals surface area contributed by atoms with Gasteiger partial charge in [0.2, 0.25) is 5.91 Å². The molecule has 1 amide bonds. The molecule has 1 aromatic heterocycles. The Balaban J connectivity index is 1.42. The Kier molecular flexibility index (Phi) is 6.27. The number of aryl methyl sites for hydroxylation is 1. The lowest BCUT2D eigenvalue weighted by Crippen LogP contribution is -2.34. The van der Waals surface area contributed by atoms with Crippen molar-refractivity contribution < 1.29 is 13.2 Å². The molecule has 3 aromatic carbocycles. The van der Waals surface area contributed by atoms with Crippen LogP contribution in [-0.4, -0.2) is 30.0 Å². The minimum absolute atomic E-state index is 0.0563. The van der Waals surface area contributed by atoms with Crippen LogP contribution in [0.25, 0.3) is 11.3 Å². The average molecular weight is 503 g/mol. The molecular weight excluding hydrogens is 480 g/mol. The number of hydrogen-bond donors (Lipinski definition) is 1. The van der Waals surface area contributed by atoms with Gasteiger partial charge >= 0.3 is 0 Å². The van der Waals surface area contributed by atoms with E-state index in [9.17, 15) is 13.2 Å². The van der Waals surface area contributed by atoms with Crippen molar-refractivity contribution in [2.24, 2.45) is 0 Å². The number of nitrogens with zero attached hydrogens (tertiary/aromatic N) is 3. The van der Waals surface area contributed by atoms with E-state index in [1.807, 2.05) is 79.7 Å². The fourth-order valence-electron chi connectivity index (χ4n) is 3.89. The summed E-state index contributed by atoms with van der Waals surface area (Å²) in [6.07, 6.45) is 1.34. The highest BCUT2D eigenvalue weighted by Gasteiger charge is 2.36. The van der Waals surface area contributed by atoms with Gasteiger partial charge in [-0.25, -0.2) is 18.4 Å². The Morgan fingerprint density at radius 2 is 1.69 bits per heavy atom. The Hall–Kier alpha value is -3.69. The third-order valence-corrected chi connectivity index (χ3v) is 8.27. The van der Waals surface area contributed by atoms with Crippen LogP contribution in [0.4, 0.5) is 11.4 Å². The molecule has 4 aromatic rings. The molecule has 9 heteroatoms. The van der Waals surface area contributed by atoms with Gasteiger partial charge in [-0.3, -0.25) is 9.10 Å². The second kappa shape index (κ2) is 9.52. The summed E-state index contributed by atoms with van der Waals surface area (Å²) in [6, 6.07) is 24.3. The molecule has 0 spiro atoms. The van der Waals surface area contributed by atoms with Crippen molar-refractivity contribution in [3.8, 4) is 11.3 Å². The summed E-state index contributed by atoms with van der Waals surface area (Å²) >= 11 is 1.16. The van der Waals surface area contributed by atoms with Crippen LogP contribution in [0.2, 0.25) is 0 Å². The number of nitrogens with one attached hydrogen (secondary N) is 1. The van der Waals surface area contributed by atoms with E-state index in [1.165, 1.54) is 10.5 Å². The maximum Gasteiger partial charge on any atom is 0.268 e. The second-order valence-electron chi connectivity index (χ2n) is 8.03. The summed E-state index contributed by atoms with van der Waals surface area (Å²) < 4.78 is 28.5. The molecule has 0 bridgehead atoms. The molecule has 0 fully saturated rings. The number of benzene rings is 3. The third-order valence-electron chi connectivity index (χ3n) is 5.65. The van der Waals surface area contributed by atoms with Gasteiger partial charge in [-0.1, -0.05) is 78.5 Å². The number of para-hydroxylation sites is 2. The zero-order chi connectivity index (χ0) is 24.4. The topological polar surface area (TPSA) is 92.3 Å². The van der Waals surface area contributed by atoms with Crippen molar-refractivity contribution in [1.82, 2.24) is 9.97 Å². The van der Waals surface area contributed by atoms with E-state index in [2.05, 4.69) is 15.3 Å². The molecule has 1 aliphatic heterocycles. The number of hydrogen-bond acceptors (Lipinski definition) is 6. The van der Waals surface area contributed by atoms with Gasteiger partial charge in [0.05, 0.1) is 29.9 Å². The monoisotopic (exact) mass is 502 g/mol. The van der Waals surface area contributed by atoms with Gasteiger partial charge in [-0.05, 0) is 30.2 Å². The number of anilines is 2. The van der Waals surface area contributed by atoms with E-state index >= 15 is 0 Å². The van der Waals surface area contributed by atoms with Crippen LogP contribution in [0.5, 0.6) is 0 Å². The van der Waals surface area contributed by atoms with Gasteiger partial charge in [-0.15, -0.1) is 0 Å². The quantitative estimate of drug-likeness (QED) is 0.298. The SMILES string of the molecule is Cc1ccccc1NC(=O)CSc1ncc2c(n1)-c1ccccc1N(Cc1ccccc1)S2(=O)=O. The summed E-state index contributed by atoms with van der Waals surface area (Å²) in [5.41, 5.74) is 4.22. The van der Waals surface area contributed by atoms with Crippen molar-refractivity contribution in [2.45, 2.75) is 23.5 Å². The fraction of sp³-hybridized carbons (Fsp3) is 0.115. The summed E-state index contributed by atoms with van der Waals surface area (Å²) in [5.74, 6) is -0.0885. The van der Waals surface area contributed by atoms with Crippen LogP contribution in [0.3, 0.4) is 0 Å². The number of rotatable bonds is 6. The molecule has 0 saturated heterocycles. The van der Waals surface area contributed by atoms with Gasteiger partial charge < -0.3 is 5.32 Å². The van der Waals surface area contributed by atoms with Crippen molar-refractivity contribution in [2.75, 3.05) is 15.4 Å². The zero-order valence-electron chi connectivity index (χ0n) is 18.9. The van der Waals surface area contributed by atoms with E-state index in [-0.39, 0.29) is 23.1 Å². The number of aromatic nitrogens is 2. The van der Waals surface area contributed by atoms with E-state index in [0.717, 1.165) is 28.6 Å². The predicted octanol–water partition coefficient (Wildman–Crippen LogP) is 4.89. The van der Waals surface area contributed by atoms with Crippen molar-refractivity contribution in [3.63, 3.8) is 0 Å². The highest BCUT2D eigenvalue weighted by atomic mass is 32.2. The molecule has 5 rings (SSSR count). The molecule has 0 aliphatic carbocycles. The van der Waals surface area contributed by atoms with E-state index < -0.39 is 10.0 Å². The van der Waals surface area contributed by atoms with Crippen LogP contribution >= 0.6 is 11.8 Å². The largest absolute Gasteiger partial charge is 0.325 e. The molecule has 2 heterocycles. The van der Waals surface area contributed by atoms with E-state index in [0.29, 0.717) is 22.1 Å². The fourth-order valence-corrected chi connectivity index (χ4v) is 6.07. The minimum Gasteiger partial charge on any atom is -0.325 e. The van der Waals surface area contributed by atoms with Crippen molar-refractivity contribution in [1.29, 1.82) is 0 Å². The zero-order valence-corrected chi connectivity index (χ0v) is 20.5. The Labute approximate surface area is 208 Å². The molecule has 0 unspecified atom stereocenters. The van der Waals surface area contributed by atoms with E-state index in [4.69, 9.17) is 0 Å². The first kappa shape index (κ1) is 23.1. The number of amides is 1. The number of fused-ring (bicyclic) bond motifs is 3. The van der Waals surface area contributed by atoms with Crippen molar-refractivity contribution >= 4 is 39.1 Å². The molecule has 176 valence electrons. The van der Waals surface area contributed by atoms with Crippen LogP contribution in [0.1, 0.15) is 11.1 Å². The lowest BCUT2D eigenvalue weighted by atomic mass is 10.1. The first-order chi connectivity index (χ1) is 16.9. The van der Waals surface area contributed by atoms with Crippen LogP contribution in [-0.2, 0) is 21.4 Å². The van der Waals surface area contributed by atoms with Crippen LogP contribution < -0.4 is 9.62 Å². The smallest absolute Gasteiger partial charge is 0.268 e. The maximum absolute atomic E-state index is 13.6. The Morgan fingerprint density at radius 3 is 2.49 bits per heavy atom. The maximum atomic E-state index is 13.6.